The maximum atomic E-state index is 16.2. The van der Waals surface area contributed by atoms with Gasteiger partial charge in [0.1, 0.15) is 27.7 Å². The number of alkyl carbamates (subject to hydrolysis) is 1. The van der Waals surface area contributed by atoms with Gasteiger partial charge in [0, 0.05) is 31.2 Å². The highest BCUT2D eigenvalue weighted by Gasteiger charge is 2.39. The van der Waals surface area contributed by atoms with Crippen molar-refractivity contribution in [3.8, 4) is 39.8 Å². The Morgan fingerprint density at radius 3 is 1.84 bits per heavy atom. The second-order valence-electron chi connectivity index (χ2n) is 17.3. The molecule has 2 aromatic heterocycles. The number of carbonyl (C=O) groups is 2. The molecular formula is C49H54N8O11S2. The molecule has 7 aromatic rings. The molecule has 0 saturated carbocycles. The Hall–Kier alpha value is -7.36. The predicted octanol–water partition coefficient (Wildman–Crippen LogP) is 7.23. The van der Waals surface area contributed by atoms with E-state index in [4.69, 9.17) is 24.0 Å². The smallest absolute Gasteiger partial charge is 0.407 e. The molecule has 70 heavy (non-hydrogen) atoms. The van der Waals surface area contributed by atoms with Gasteiger partial charge >= 0.3 is 12.1 Å². The number of tetrazole rings is 1. The molecule has 1 unspecified atom stereocenters. The number of fused-ring (bicyclic) bond motifs is 1. The van der Waals surface area contributed by atoms with E-state index in [1.165, 1.54) is 42.6 Å². The third-order valence-corrected chi connectivity index (χ3v) is 15.0. The molecule has 21 heteroatoms. The van der Waals surface area contributed by atoms with E-state index in [2.05, 4.69) is 20.6 Å². The van der Waals surface area contributed by atoms with Gasteiger partial charge in [0.25, 0.3) is 0 Å². The average molecular weight is 995 g/mol. The van der Waals surface area contributed by atoms with E-state index in [9.17, 15) is 14.7 Å². The fourth-order valence-electron chi connectivity index (χ4n) is 7.86. The summed E-state index contributed by atoms with van der Waals surface area (Å²) in [6, 6.07) is 27.1. The van der Waals surface area contributed by atoms with Gasteiger partial charge in [-0.05, 0) is 111 Å². The topological polar surface area (TPSA) is 236 Å². The summed E-state index contributed by atoms with van der Waals surface area (Å²) in [7, 11) is -5.18. The number of aryl methyl sites for hydroxylation is 1. The Balaban J connectivity index is 1.53. The Morgan fingerprint density at radius 1 is 0.771 bits per heavy atom. The van der Waals surface area contributed by atoms with Crippen LogP contribution < -0.4 is 19.5 Å². The number of hydrogen-bond donors (Lipinski definition) is 2. The van der Waals surface area contributed by atoms with Crippen LogP contribution in [0.5, 0.6) is 17.2 Å². The lowest BCUT2D eigenvalue weighted by Crippen LogP contribution is -2.41. The zero-order valence-electron chi connectivity index (χ0n) is 39.9. The van der Waals surface area contributed by atoms with E-state index in [1.54, 1.807) is 126 Å². The van der Waals surface area contributed by atoms with Gasteiger partial charge in [-0.25, -0.2) is 31.4 Å². The number of rotatable bonds is 19. The quantitative estimate of drug-likeness (QED) is 0.0813. The molecule has 0 spiro atoms. The number of para-hydroxylation sites is 1. The van der Waals surface area contributed by atoms with Crippen molar-refractivity contribution in [2.75, 3.05) is 27.1 Å². The molecule has 0 aliphatic rings. The van der Waals surface area contributed by atoms with Crippen molar-refractivity contribution in [1.82, 2.24) is 39.4 Å². The Bertz CT molecular complexity index is 3190. The first-order valence-corrected chi connectivity index (χ1v) is 25.1. The van der Waals surface area contributed by atoms with E-state index in [0.29, 0.717) is 33.9 Å². The number of carboxylic acids is 1. The number of benzene rings is 5. The average Bonchev–Trinajstić information content (AvgIpc) is 3.95. The van der Waals surface area contributed by atoms with Crippen LogP contribution in [0.15, 0.2) is 113 Å². The number of carbonyl (C=O) groups excluding carboxylic acids is 1. The number of nitrogens with zero attached hydrogens (tertiary/aromatic N) is 7. The standard InChI is InChI=1S/C49H54N8O11S2/c1-9-56-40-12-10-11-39(43(40)51-46(56)47(58)59)38-25-26-41(69(61,62)30-31(2)50-48(60)68-49(3,4)5)44(42(38)45-52-54-57(53-45)29-34-17-23-37(67-8)24-18-34)70(63,64)55(27-32-13-19-35(65-6)20-14-32)28-33-15-21-36(66-7)22-16-33/h10-26,31H,9,27-30H2,1-8H3,(H,50,60)(H,58,59). The molecule has 0 saturated heterocycles. The van der Waals surface area contributed by atoms with Crippen LogP contribution in [0.4, 0.5) is 4.79 Å². The molecule has 1 amide bonds. The first-order valence-electron chi connectivity index (χ1n) is 22.0. The second kappa shape index (κ2) is 20.7. The summed E-state index contributed by atoms with van der Waals surface area (Å²) in [5.74, 6) is -0.916. The molecule has 5 aromatic carbocycles. The fourth-order valence-corrected chi connectivity index (χ4v) is 11.8. The summed E-state index contributed by atoms with van der Waals surface area (Å²) in [4.78, 5) is 30.0. The SMILES string of the molecule is CCn1c(C(=O)O)nc2c(-c3ccc(S(=O)(=O)CC(C)NC(=O)OC(C)(C)C)c(S(=O)(=O)N(Cc4ccc(OC)cc4)Cc4ccc(OC)cc4)c3-c3nnn(Cc4ccc(OC)cc4)n3)cccc21. The number of amides is 1. The van der Waals surface area contributed by atoms with Crippen LogP contribution in [0.1, 0.15) is 61.9 Å². The summed E-state index contributed by atoms with van der Waals surface area (Å²) in [6.45, 7) is 8.00. The number of aromatic nitrogens is 6. The van der Waals surface area contributed by atoms with Crippen molar-refractivity contribution >= 4 is 43.0 Å². The molecular weight excluding hydrogens is 941 g/mol. The predicted molar refractivity (Wildman–Crippen MR) is 260 cm³/mol. The molecule has 368 valence electrons. The summed E-state index contributed by atoms with van der Waals surface area (Å²) in [5, 5.41) is 26.2. The van der Waals surface area contributed by atoms with Crippen molar-refractivity contribution in [1.29, 1.82) is 0 Å². The summed E-state index contributed by atoms with van der Waals surface area (Å²) >= 11 is 0. The Morgan fingerprint density at radius 2 is 1.33 bits per heavy atom. The van der Waals surface area contributed by atoms with Crippen molar-refractivity contribution in [2.24, 2.45) is 0 Å². The van der Waals surface area contributed by atoms with Crippen molar-refractivity contribution in [2.45, 2.75) is 82.2 Å². The molecule has 7 rings (SSSR count). The number of nitrogens with one attached hydrogen (secondary N) is 1. The third kappa shape index (κ3) is 11.2. The normalized spacial score (nSPS) is 12.5. The molecule has 2 heterocycles. The van der Waals surface area contributed by atoms with Crippen LogP contribution >= 0.6 is 0 Å². The number of carboxylic acid groups (broad SMARTS) is 1. The Labute approximate surface area is 405 Å². The molecule has 19 nitrogen and oxygen atoms in total. The van der Waals surface area contributed by atoms with Crippen LogP contribution in [0.2, 0.25) is 0 Å². The van der Waals surface area contributed by atoms with Crippen molar-refractivity contribution in [3.63, 3.8) is 0 Å². The zero-order chi connectivity index (χ0) is 50.5. The van der Waals surface area contributed by atoms with Crippen LogP contribution in [-0.4, -0.2) is 107 Å². The summed E-state index contributed by atoms with van der Waals surface area (Å²) in [6.07, 6.45) is -0.873. The van der Waals surface area contributed by atoms with Gasteiger partial charge in [-0.2, -0.15) is 9.10 Å². The maximum Gasteiger partial charge on any atom is 0.407 e. The molecule has 1 atom stereocenters. The third-order valence-electron chi connectivity index (χ3n) is 11.1. The van der Waals surface area contributed by atoms with Gasteiger partial charge < -0.3 is 33.9 Å². The molecule has 0 aliphatic carbocycles. The fraction of sp³-hybridized carbons (Fsp3) is 0.306. The first kappa shape index (κ1) is 50.5. The number of sulfone groups is 1. The van der Waals surface area contributed by atoms with Gasteiger partial charge in [-0.15, -0.1) is 10.2 Å². The van der Waals surface area contributed by atoms with E-state index in [1.807, 2.05) is 0 Å². The van der Waals surface area contributed by atoms with Gasteiger partial charge in [-0.3, -0.25) is 0 Å². The monoisotopic (exact) mass is 994 g/mol. The lowest BCUT2D eigenvalue weighted by atomic mass is 9.98. The highest BCUT2D eigenvalue weighted by molar-refractivity contribution is 7.93. The molecule has 0 aliphatic heterocycles. The number of methoxy groups -OCH3 is 3. The van der Waals surface area contributed by atoms with E-state index in [-0.39, 0.29) is 60.0 Å². The first-order chi connectivity index (χ1) is 33.2. The largest absolute Gasteiger partial charge is 0.497 e. The maximum absolute atomic E-state index is 16.2. The van der Waals surface area contributed by atoms with Crippen LogP contribution in [0, 0.1) is 0 Å². The van der Waals surface area contributed by atoms with Gasteiger partial charge in [0.2, 0.25) is 21.7 Å². The van der Waals surface area contributed by atoms with Crippen molar-refractivity contribution < 1.29 is 50.5 Å². The van der Waals surface area contributed by atoms with Crippen LogP contribution in [0.3, 0.4) is 0 Å². The number of sulfonamides is 1. The number of hydrogen-bond acceptors (Lipinski definition) is 14. The van der Waals surface area contributed by atoms with E-state index >= 15 is 16.8 Å². The minimum atomic E-state index is -5.04. The summed E-state index contributed by atoms with van der Waals surface area (Å²) in [5.41, 5.74) is 1.64. The molecule has 0 radical (unpaired) electrons. The van der Waals surface area contributed by atoms with Gasteiger partial charge in [-0.1, -0.05) is 54.6 Å². The summed E-state index contributed by atoms with van der Waals surface area (Å²) < 4.78 is 86.7. The van der Waals surface area contributed by atoms with Crippen molar-refractivity contribution in [3.05, 3.63) is 126 Å². The molecule has 2 N–H and O–H groups in total. The lowest BCUT2D eigenvalue weighted by molar-refractivity contribution is 0.0512. The van der Waals surface area contributed by atoms with Crippen LogP contribution in [-0.2, 0) is 50.8 Å². The highest BCUT2D eigenvalue weighted by Crippen LogP contribution is 2.43. The number of ether oxygens (including phenoxy) is 4. The number of aromatic carboxylic acids is 1. The van der Waals surface area contributed by atoms with E-state index in [0.717, 1.165) is 9.87 Å². The zero-order valence-corrected chi connectivity index (χ0v) is 41.5. The van der Waals surface area contributed by atoms with E-state index < -0.39 is 59.1 Å². The van der Waals surface area contributed by atoms with Crippen LogP contribution in [0.25, 0.3) is 33.5 Å². The van der Waals surface area contributed by atoms with Gasteiger partial charge in [0.05, 0.1) is 55.1 Å². The molecule has 0 bridgehead atoms. The molecule has 0 fully saturated rings. The number of imidazole rings is 1. The minimum absolute atomic E-state index is 0.0692. The lowest BCUT2D eigenvalue weighted by Gasteiger charge is -2.27. The van der Waals surface area contributed by atoms with Gasteiger partial charge in [0.15, 0.2) is 9.84 Å². The highest BCUT2D eigenvalue weighted by atomic mass is 32.2. The minimum Gasteiger partial charge on any atom is -0.497 e. The second-order valence-corrected chi connectivity index (χ2v) is 21.1. The Kier molecular flexibility index (Phi) is 14.9.